The van der Waals surface area contributed by atoms with Crippen molar-refractivity contribution in [2.24, 2.45) is 0 Å². The minimum Gasteiger partial charge on any atom is -0.437 e. The second kappa shape index (κ2) is 9.02. The van der Waals surface area contributed by atoms with Crippen LogP contribution >= 0.6 is 11.3 Å². The summed E-state index contributed by atoms with van der Waals surface area (Å²) in [7, 11) is 0. The first kappa shape index (κ1) is 23.4. The topological polar surface area (TPSA) is 92.4 Å². The summed E-state index contributed by atoms with van der Waals surface area (Å²) in [6.45, 7) is 3.38. The number of nitrogens with two attached hydrogens (primary N) is 1. The Balaban J connectivity index is 1.19. The third kappa shape index (κ3) is 4.17. The zero-order chi connectivity index (χ0) is 26.1. The number of halogens is 1. The van der Waals surface area contributed by atoms with Crippen molar-refractivity contribution in [1.82, 2.24) is 20.3 Å². The van der Waals surface area contributed by atoms with Crippen LogP contribution in [0.3, 0.4) is 0 Å². The monoisotopic (exact) mass is 543 g/mol. The molecule has 3 aromatic heterocycles. The molecular formula is C29H30FN7OS. The molecule has 1 aliphatic carbocycles. The molecule has 0 radical (unpaired) electrons. The van der Waals surface area contributed by atoms with Crippen LogP contribution in [0.15, 0.2) is 36.5 Å². The van der Waals surface area contributed by atoms with Crippen LogP contribution in [0.2, 0.25) is 0 Å². The maximum absolute atomic E-state index is 14.5. The highest BCUT2D eigenvalue weighted by Crippen LogP contribution is 2.45. The van der Waals surface area contributed by atoms with Crippen molar-refractivity contribution in [3.8, 4) is 11.6 Å². The fourth-order valence-corrected chi connectivity index (χ4v) is 7.29. The number of nitrogens with one attached hydrogen (secondary N) is 1. The van der Waals surface area contributed by atoms with Crippen molar-refractivity contribution in [2.75, 3.05) is 35.2 Å². The van der Waals surface area contributed by atoms with Crippen molar-refractivity contribution in [2.45, 2.75) is 56.7 Å². The first-order valence-electron chi connectivity index (χ1n) is 13.8. The number of anilines is 3. The number of benzene rings is 1. The van der Waals surface area contributed by atoms with Crippen molar-refractivity contribution in [3.05, 3.63) is 59.3 Å². The molecule has 10 heteroatoms. The molecule has 4 aromatic rings. The van der Waals surface area contributed by atoms with Gasteiger partial charge >= 0.3 is 0 Å². The van der Waals surface area contributed by atoms with Crippen LogP contribution in [0.25, 0.3) is 10.2 Å². The highest BCUT2D eigenvalue weighted by atomic mass is 32.1. The Kier molecular flexibility index (Phi) is 5.41. The fourth-order valence-electron chi connectivity index (χ4n) is 6.53. The molecule has 1 saturated carbocycles. The lowest BCUT2D eigenvalue weighted by molar-refractivity contribution is 0.445. The van der Waals surface area contributed by atoms with Gasteiger partial charge in [0.1, 0.15) is 11.3 Å². The second-order valence-corrected chi connectivity index (χ2v) is 12.2. The smallest absolute Gasteiger partial charge is 0.221 e. The third-order valence-electron chi connectivity index (χ3n) is 8.50. The van der Waals surface area contributed by atoms with E-state index in [1.165, 1.54) is 41.5 Å². The molecule has 2 saturated heterocycles. The number of pyridine rings is 2. The number of piperazine rings is 1. The molecule has 2 atom stereocenters. The summed E-state index contributed by atoms with van der Waals surface area (Å²) in [6.07, 6.45) is 7.45. The molecule has 0 spiro atoms. The summed E-state index contributed by atoms with van der Waals surface area (Å²) < 4.78 is 21.5. The lowest BCUT2D eigenvalue weighted by Gasteiger charge is -2.38. The van der Waals surface area contributed by atoms with Gasteiger partial charge in [-0.25, -0.2) is 14.4 Å². The molecule has 2 unspecified atom stereocenters. The summed E-state index contributed by atoms with van der Waals surface area (Å²) >= 11 is 1.19. The van der Waals surface area contributed by atoms with Crippen LogP contribution in [0.4, 0.5) is 20.9 Å². The Labute approximate surface area is 230 Å². The number of aromatic nitrogens is 3. The first-order chi connectivity index (χ1) is 19.1. The zero-order valence-corrected chi connectivity index (χ0v) is 22.4. The van der Waals surface area contributed by atoms with E-state index in [-0.39, 0.29) is 5.82 Å². The van der Waals surface area contributed by atoms with Crippen LogP contribution in [-0.2, 0) is 13.0 Å². The van der Waals surface area contributed by atoms with Gasteiger partial charge in [-0.1, -0.05) is 11.3 Å². The predicted molar refractivity (Wildman–Crippen MR) is 151 cm³/mol. The Morgan fingerprint density at radius 2 is 1.87 bits per heavy atom. The van der Waals surface area contributed by atoms with Crippen LogP contribution in [0.5, 0.6) is 11.6 Å². The van der Waals surface area contributed by atoms with Gasteiger partial charge in [-0.05, 0) is 56.4 Å². The summed E-state index contributed by atoms with van der Waals surface area (Å²) in [5.41, 5.74) is 12.0. The molecule has 3 aliphatic heterocycles. The van der Waals surface area contributed by atoms with E-state index in [0.717, 1.165) is 61.7 Å². The van der Waals surface area contributed by atoms with E-state index in [0.29, 0.717) is 45.8 Å². The van der Waals surface area contributed by atoms with Gasteiger partial charge in [0, 0.05) is 61.1 Å². The lowest BCUT2D eigenvalue weighted by atomic mass is 10.00. The quantitative estimate of drug-likeness (QED) is 0.364. The number of hydrogen-bond acceptors (Lipinski definition) is 9. The third-order valence-corrected chi connectivity index (χ3v) is 9.40. The molecule has 8 nitrogen and oxygen atoms in total. The SMILES string of the molecule is Nc1nc2c(N3CCc4c(N5CC6CCC(C5)N6)cc(Oc5cccnc5C5CC5)nc4C3)ccc(F)c2s1. The van der Waals surface area contributed by atoms with Gasteiger partial charge in [0.2, 0.25) is 5.88 Å². The molecule has 1 aromatic carbocycles. The van der Waals surface area contributed by atoms with Crippen molar-refractivity contribution < 1.29 is 9.13 Å². The molecule has 6 heterocycles. The Bertz CT molecular complexity index is 1580. The van der Waals surface area contributed by atoms with E-state index >= 15 is 0 Å². The standard InChI is InChI=1S/C29H30FN7OS/c30-20-7-8-22(27-28(20)39-29(31)35-27)36-11-9-19-21(15-36)34-25(38-24-2-1-10-32-26(24)16-3-4-16)12-23(19)37-13-17-5-6-18(14-37)33-17/h1-2,7-8,10,12,16-18,33H,3-6,9,11,13-15H2,(H2,31,35). The first-order valence-corrected chi connectivity index (χ1v) is 14.7. The lowest BCUT2D eigenvalue weighted by Crippen LogP contribution is -2.51. The molecule has 3 fully saturated rings. The van der Waals surface area contributed by atoms with Crippen LogP contribution in [-0.4, -0.2) is 46.7 Å². The van der Waals surface area contributed by atoms with Gasteiger partial charge in [0.15, 0.2) is 10.9 Å². The van der Waals surface area contributed by atoms with Crippen LogP contribution in [0.1, 0.15) is 48.6 Å². The summed E-state index contributed by atoms with van der Waals surface area (Å²) in [4.78, 5) is 18.9. The van der Waals surface area contributed by atoms with Crippen LogP contribution in [0, 0.1) is 5.82 Å². The van der Waals surface area contributed by atoms with E-state index in [4.69, 9.17) is 15.5 Å². The minimum absolute atomic E-state index is 0.285. The molecule has 200 valence electrons. The number of fused-ring (bicyclic) bond motifs is 4. The molecule has 4 aliphatic rings. The van der Waals surface area contributed by atoms with Gasteiger partial charge in [0.05, 0.1) is 28.3 Å². The number of rotatable bonds is 5. The second-order valence-electron chi connectivity index (χ2n) is 11.2. The summed E-state index contributed by atoms with van der Waals surface area (Å²) in [6, 6.07) is 10.4. The average Bonchev–Trinajstić information content (AvgIpc) is 3.63. The predicted octanol–water partition coefficient (Wildman–Crippen LogP) is 4.98. The van der Waals surface area contributed by atoms with E-state index in [1.54, 1.807) is 0 Å². The van der Waals surface area contributed by atoms with Gasteiger partial charge < -0.3 is 25.6 Å². The van der Waals surface area contributed by atoms with Gasteiger partial charge in [-0.15, -0.1) is 0 Å². The van der Waals surface area contributed by atoms with Gasteiger partial charge in [-0.2, -0.15) is 0 Å². The molecule has 8 rings (SSSR count). The van der Waals surface area contributed by atoms with Crippen LogP contribution < -0.4 is 25.6 Å². The van der Waals surface area contributed by atoms with Crippen molar-refractivity contribution in [3.63, 3.8) is 0 Å². The van der Waals surface area contributed by atoms with E-state index in [2.05, 4.69) is 31.2 Å². The number of thiazole rings is 1. The van der Waals surface area contributed by atoms with E-state index in [9.17, 15) is 4.39 Å². The normalized spacial score (nSPS) is 22.4. The fraction of sp³-hybridized carbons (Fsp3) is 0.414. The number of ether oxygens (including phenoxy) is 1. The number of hydrogen-bond donors (Lipinski definition) is 2. The maximum atomic E-state index is 14.5. The Hall–Kier alpha value is -3.50. The Morgan fingerprint density at radius 1 is 1.03 bits per heavy atom. The Morgan fingerprint density at radius 3 is 2.69 bits per heavy atom. The highest BCUT2D eigenvalue weighted by molar-refractivity contribution is 7.22. The molecule has 39 heavy (non-hydrogen) atoms. The largest absolute Gasteiger partial charge is 0.437 e. The van der Waals surface area contributed by atoms with Gasteiger partial charge in [-0.3, -0.25) is 4.98 Å². The molecular weight excluding hydrogens is 513 g/mol. The summed E-state index contributed by atoms with van der Waals surface area (Å²) in [5, 5.41) is 4.13. The van der Waals surface area contributed by atoms with Gasteiger partial charge in [0.25, 0.3) is 0 Å². The number of nitrogens with zero attached hydrogens (tertiary/aromatic N) is 5. The summed E-state index contributed by atoms with van der Waals surface area (Å²) in [5.74, 6) is 1.59. The number of nitrogen functional groups attached to an aromatic ring is 1. The van der Waals surface area contributed by atoms with Crippen molar-refractivity contribution in [1.29, 1.82) is 0 Å². The molecule has 3 N–H and O–H groups in total. The molecule has 2 bridgehead atoms. The average molecular weight is 544 g/mol. The van der Waals surface area contributed by atoms with Crippen molar-refractivity contribution >= 4 is 38.1 Å². The van der Waals surface area contributed by atoms with E-state index < -0.39 is 0 Å². The minimum atomic E-state index is -0.285. The molecule has 0 amide bonds. The zero-order valence-electron chi connectivity index (χ0n) is 21.6. The highest BCUT2D eigenvalue weighted by Gasteiger charge is 2.35. The maximum Gasteiger partial charge on any atom is 0.221 e. The van der Waals surface area contributed by atoms with E-state index in [1.807, 2.05) is 24.4 Å².